The van der Waals surface area contributed by atoms with Gasteiger partial charge in [0.1, 0.15) is 6.04 Å². The van der Waals surface area contributed by atoms with Crippen molar-refractivity contribution in [1.82, 2.24) is 0 Å². The highest BCUT2D eigenvalue weighted by Crippen LogP contribution is 1.95. The van der Waals surface area contributed by atoms with Gasteiger partial charge in [-0.25, -0.2) is 0 Å². The van der Waals surface area contributed by atoms with E-state index >= 15 is 0 Å². The lowest BCUT2D eigenvalue weighted by atomic mass is 10.2. The quantitative estimate of drug-likeness (QED) is 0.553. The Bertz CT molecular complexity index is 147. The third-order valence-electron chi connectivity index (χ3n) is 1.27. The van der Waals surface area contributed by atoms with Crippen LogP contribution in [-0.2, 0) is 9.53 Å². The van der Waals surface area contributed by atoms with Gasteiger partial charge in [0.25, 0.3) is 0 Å². The average Bonchev–Trinajstić information content (AvgIpc) is 1.98. The first-order valence-electron chi connectivity index (χ1n) is 3.30. The molecule has 0 bridgehead atoms. The van der Waals surface area contributed by atoms with Gasteiger partial charge in [-0.2, -0.15) is 0 Å². The number of nitrogens with two attached hydrogens (primary N) is 1. The normalized spacial score (nSPS) is 15.5. The van der Waals surface area contributed by atoms with E-state index in [-0.39, 0.29) is 0 Å². The van der Waals surface area contributed by atoms with E-state index in [4.69, 9.17) is 15.6 Å². The van der Waals surface area contributed by atoms with Gasteiger partial charge in [0, 0.05) is 0 Å². The molecule has 0 amide bonds. The number of hydrogen-bond acceptors (Lipinski definition) is 3. The first-order chi connectivity index (χ1) is 5.09. The van der Waals surface area contributed by atoms with Gasteiger partial charge in [0.05, 0.1) is 12.7 Å². The van der Waals surface area contributed by atoms with Crippen molar-refractivity contribution in [2.75, 3.05) is 6.61 Å². The lowest BCUT2D eigenvalue weighted by Gasteiger charge is -2.15. The van der Waals surface area contributed by atoms with Gasteiger partial charge >= 0.3 is 5.97 Å². The Morgan fingerprint density at radius 3 is 2.82 bits per heavy atom. The molecule has 0 saturated heterocycles. The zero-order valence-electron chi connectivity index (χ0n) is 6.49. The fraction of sp³-hybridized carbons (Fsp3) is 0.571. The molecule has 0 fully saturated rings. The number of aliphatic carboxylic acids is 1. The fourth-order valence-electron chi connectivity index (χ4n) is 0.524. The number of hydrogen-bond donors (Lipinski definition) is 2. The van der Waals surface area contributed by atoms with E-state index in [1.54, 1.807) is 13.0 Å². The topological polar surface area (TPSA) is 72.5 Å². The molecule has 0 aliphatic carbocycles. The molecule has 0 aliphatic rings. The van der Waals surface area contributed by atoms with Crippen LogP contribution < -0.4 is 5.73 Å². The van der Waals surface area contributed by atoms with Crippen LogP contribution >= 0.6 is 0 Å². The summed E-state index contributed by atoms with van der Waals surface area (Å²) in [5.41, 5.74) is 5.24. The second-order valence-corrected chi connectivity index (χ2v) is 2.19. The maximum absolute atomic E-state index is 10.3. The van der Waals surface area contributed by atoms with Crippen molar-refractivity contribution in [1.29, 1.82) is 0 Å². The second-order valence-electron chi connectivity index (χ2n) is 2.19. The van der Waals surface area contributed by atoms with E-state index in [0.29, 0.717) is 6.61 Å². The molecule has 0 rings (SSSR count). The summed E-state index contributed by atoms with van der Waals surface area (Å²) in [6.45, 7) is 5.36. The molecule has 0 radical (unpaired) electrons. The Balaban J connectivity index is 3.72. The maximum atomic E-state index is 10.3. The summed E-state index contributed by atoms with van der Waals surface area (Å²) in [5, 5.41) is 8.42. The molecule has 0 unspecified atom stereocenters. The van der Waals surface area contributed by atoms with Crippen LogP contribution in [0.25, 0.3) is 0 Å². The smallest absolute Gasteiger partial charge is 0.323 e. The number of carbonyl (C=O) groups is 1. The van der Waals surface area contributed by atoms with Crippen LogP contribution in [-0.4, -0.2) is 29.8 Å². The van der Waals surface area contributed by atoms with Gasteiger partial charge in [0.2, 0.25) is 0 Å². The highest BCUT2D eigenvalue weighted by Gasteiger charge is 2.19. The summed E-state index contributed by atoms with van der Waals surface area (Å²) in [6, 6.07) is -0.963. The molecule has 0 saturated carbocycles. The standard InChI is InChI=1S/C7H13NO3/c1-3-4-11-5(2)6(8)7(9)10/h3,5-6H,1,4,8H2,2H3,(H,9,10)/t5-,6+/m1/s1. The Labute approximate surface area is 65.6 Å². The molecule has 0 aromatic rings. The predicted octanol–water partition coefficient (Wildman–Crippen LogP) is -0.0106. The van der Waals surface area contributed by atoms with Gasteiger partial charge < -0.3 is 15.6 Å². The van der Waals surface area contributed by atoms with Crippen LogP contribution in [0.1, 0.15) is 6.92 Å². The van der Waals surface area contributed by atoms with Gasteiger partial charge in [-0.3, -0.25) is 4.79 Å². The Hall–Kier alpha value is -0.870. The minimum absolute atomic E-state index is 0.322. The van der Waals surface area contributed by atoms with E-state index < -0.39 is 18.1 Å². The van der Waals surface area contributed by atoms with Gasteiger partial charge in [-0.05, 0) is 6.92 Å². The largest absolute Gasteiger partial charge is 0.480 e. The van der Waals surface area contributed by atoms with E-state index in [0.717, 1.165) is 0 Å². The molecule has 0 aliphatic heterocycles. The Kier molecular flexibility index (Phi) is 4.49. The first kappa shape index (κ1) is 10.1. The molecule has 0 aromatic heterocycles. The minimum atomic E-state index is -1.05. The van der Waals surface area contributed by atoms with Crippen molar-refractivity contribution in [3.63, 3.8) is 0 Å². The van der Waals surface area contributed by atoms with E-state index in [2.05, 4.69) is 6.58 Å². The van der Waals surface area contributed by atoms with Crippen LogP contribution in [0.4, 0.5) is 0 Å². The van der Waals surface area contributed by atoms with Crippen LogP contribution in [0, 0.1) is 0 Å². The SMILES string of the molecule is C=CCO[C@H](C)[C@H](N)C(=O)O. The van der Waals surface area contributed by atoms with Gasteiger partial charge in [-0.15, -0.1) is 6.58 Å². The summed E-state index contributed by atoms with van der Waals surface area (Å²) in [5.74, 6) is -1.05. The van der Waals surface area contributed by atoms with E-state index in [9.17, 15) is 4.79 Å². The average molecular weight is 159 g/mol. The number of carboxylic acid groups (broad SMARTS) is 1. The minimum Gasteiger partial charge on any atom is -0.480 e. The molecule has 4 heteroatoms. The second kappa shape index (κ2) is 4.87. The van der Waals surface area contributed by atoms with Crippen molar-refractivity contribution in [2.45, 2.75) is 19.1 Å². The lowest BCUT2D eigenvalue weighted by Crippen LogP contribution is -2.41. The van der Waals surface area contributed by atoms with Gasteiger partial charge in [-0.1, -0.05) is 6.08 Å². The molecule has 64 valence electrons. The third-order valence-corrected chi connectivity index (χ3v) is 1.27. The van der Waals surface area contributed by atoms with Crippen molar-refractivity contribution < 1.29 is 14.6 Å². The predicted molar refractivity (Wildman–Crippen MR) is 41.2 cm³/mol. The van der Waals surface area contributed by atoms with E-state index in [1.165, 1.54) is 0 Å². The fourth-order valence-corrected chi connectivity index (χ4v) is 0.524. The van der Waals surface area contributed by atoms with Crippen molar-refractivity contribution >= 4 is 5.97 Å². The van der Waals surface area contributed by atoms with Crippen molar-refractivity contribution in [3.8, 4) is 0 Å². The van der Waals surface area contributed by atoms with Crippen LogP contribution in [0.3, 0.4) is 0 Å². The molecular weight excluding hydrogens is 146 g/mol. The Morgan fingerprint density at radius 1 is 1.91 bits per heavy atom. The number of rotatable bonds is 5. The highest BCUT2D eigenvalue weighted by atomic mass is 16.5. The third kappa shape index (κ3) is 3.75. The van der Waals surface area contributed by atoms with Crippen LogP contribution in [0.15, 0.2) is 12.7 Å². The van der Waals surface area contributed by atoms with Crippen molar-refractivity contribution in [2.24, 2.45) is 5.73 Å². The van der Waals surface area contributed by atoms with Crippen LogP contribution in [0.5, 0.6) is 0 Å². The summed E-state index contributed by atoms with van der Waals surface area (Å²) in [4.78, 5) is 10.3. The van der Waals surface area contributed by atoms with E-state index in [1.807, 2.05) is 0 Å². The first-order valence-corrected chi connectivity index (χ1v) is 3.30. The summed E-state index contributed by atoms with van der Waals surface area (Å²) in [7, 11) is 0. The molecule has 4 nitrogen and oxygen atoms in total. The summed E-state index contributed by atoms with van der Waals surface area (Å²) < 4.78 is 4.99. The summed E-state index contributed by atoms with van der Waals surface area (Å²) >= 11 is 0. The number of ether oxygens (including phenoxy) is 1. The molecular formula is C7H13NO3. The monoisotopic (exact) mass is 159 g/mol. The Morgan fingerprint density at radius 2 is 2.45 bits per heavy atom. The molecule has 0 heterocycles. The molecule has 0 spiro atoms. The molecule has 0 aromatic carbocycles. The zero-order valence-corrected chi connectivity index (χ0v) is 6.49. The molecule has 3 N–H and O–H groups in total. The van der Waals surface area contributed by atoms with Crippen LogP contribution in [0.2, 0.25) is 0 Å². The summed E-state index contributed by atoms with van der Waals surface area (Å²) in [6.07, 6.45) is 1.07. The maximum Gasteiger partial charge on any atom is 0.323 e. The lowest BCUT2D eigenvalue weighted by molar-refractivity contribution is -0.141. The molecule has 11 heavy (non-hydrogen) atoms. The molecule has 2 atom stereocenters. The zero-order chi connectivity index (χ0) is 8.85. The van der Waals surface area contributed by atoms with Gasteiger partial charge in [0.15, 0.2) is 0 Å². The number of carboxylic acids is 1. The van der Waals surface area contributed by atoms with Crippen molar-refractivity contribution in [3.05, 3.63) is 12.7 Å². The highest BCUT2D eigenvalue weighted by molar-refractivity contribution is 5.73.